The molecule has 25 heavy (non-hydrogen) atoms. The summed E-state index contributed by atoms with van der Waals surface area (Å²) in [5, 5.41) is 4.12. The van der Waals surface area contributed by atoms with Crippen LogP contribution in [0.15, 0.2) is 34.5 Å². The fourth-order valence-corrected chi connectivity index (χ4v) is 3.72. The molecule has 1 amide bonds. The number of anilines is 1. The van der Waals surface area contributed by atoms with Gasteiger partial charge in [0.1, 0.15) is 11.6 Å². The number of esters is 1. The number of halogens is 1. The van der Waals surface area contributed by atoms with Crippen molar-refractivity contribution in [2.24, 2.45) is 0 Å². The number of nitrogens with zero attached hydrogens (tertiary/aromatic N) is 1. The minimum absolute atomic E-state index is 0.0336. The summed E-state index contributed by atoms with van der Waals surface area (Å²) in [6.07, 6.45) is -0.0336. The van der Waals surface area contributed by atoms with Gasteiger partial charge in [-0.3, -0.25) is 9.59 Å². The summed E-state index contributed by atoms with van der Waals surface area (Å²) >= 11 is 1.07. The first-order valence-corrected chi connectivity index (χ1v) is 9.71. The summed E-state index contributed by atoms with van der Waals surface area (Å²) in [6.45, 7) is 1.94. The number of nitrogens with one attached hydrogen (secondary N) is 1. The van der Waals surface area contributed by atoms with E-state index in [1.54, 1.807) is 12.3 Å². The number of hydrogen-bond donors (Lipinski definition) is 1. The highest BCUT2D eigenvalue weighted by molar-refractivity contribution is 7.92. The van der Waals surface area contributed by atoms with Gasteiger partial charge >= 0.3 is 5.97 Å². The molecular formula is C15H15FN2O5S2. The van der Waals surface area contributed by atoms with Crippen molar-refractivity contribution in [3.05, 3.63) is 41.2 Å². The maximum absolute atomic E-state index is 12.9. The van der Waals surface area contributed by atoms with Crippen LogP contribution in [0, 0.1) is 5.82 Å². The summed E-state index contributed by atoms with van der Waals surface area (Å²) in [5.41, 5.74) is 0.417. The van der Waals surface area contributed by atoms with Crippen molar-refractivity contribution in [2.75, 3.05) is 17.7 Å². The van der Waals surface area contributed by atoms with Gasteiger partial charge in [-0.25, -0.2) is 17.8 Å². The number of amides is 1. The van der Waals surface area contributed by atoms with Gasteiger partial charge in [0.2, 0.25) is 5.91 Å². The van der Waals surface area contributed by atoms with Crippen LogP contribution in [0.3, 0.4) is 0 Å². The van der Waals surface area contributed by atoms with E-state index < -0.39 is 33.3 Å². The van der Waals surface area contributed by atoms with Crippen molar-refractivity contribution < 1.29 is 27.1 Å². The zero-order valence-corrected chi connectivity index (χ0v) is 14.8. The molecule has 0 bridgehead atoms. The lowest BCUT2D eigenvalue weighted by atomic mass is 10.3. The van der Waals surface area contributed by atoms with Crippen LogP contribution in [0.5, 0.6) is 0 Å². The number of carbonyl (C=O) groups is 2. The number of rotatable bonds is 7. The minimum atomic E-state index is -3.89. The third-order valence-corrected chi connectivity index (χ3v) is 5.36. The Balaban J connectivity index is 1.97. The highest BCUT2D eigenvalue weighted by Crippen LogP contribution is 2.17. The summed E-state index contributed by atoms with van der Waals surface area (Å²) in [7, 11) is -3.89. The SMILES string of the molecule is CCOC(=O)Cc1csc(NC(=O)CS(=O)(=O)c2ccc(F)cc2)n1. The van der Waals surface area contributed by atoms with Crippen molar-refractivity contribution in [3.63, 3.8) is 0 Å². The molecule has 2 aromatic rings. The molecule has 0 saturated carbocycles. The van der Waals surface area contributed by atoms with Gasteiger partial charge in [-0.2, -0.15) is 0 Å². The molecule has 10 heteroatoms. The second-order valence-electron chi connectivity index (χ2n) is 4.89. The van der Waals surface area contributed by atoms with Gasteiger partial charge < -0.3 is 10.1 Å². The number of carbonyl (C=O) groups excluding carboxylic acids is 2. The Kier molecular flexibility index (Phi) is 6.21. The number of sulfone groups is 1. The van der Waals surface area contributed by atoms with E-state index in [-0.39, 0.29) is 23.1 Å². The molecule has 0 radical (unpaired) electrons. The third kappa shape index (κ3) is 5.61. The summed E-state index contributed by atoms with van der Waals surface area (Å²) < 4.78 is 41.9. The van der Waals surface area contributed by atoms with Crippen molar-refractivity contribution in [1.29, 1.82) is 0 Å². The van der Waals surface area contributed by atoms with E-state index in [1.807, 2.05) is 0 Å². The van der Waals surface area contributed by atoms with Crippen LogP contribution in [-0.2, 0) is 30.6 Å². The Hall–Kier alpha value is -2.33. The summed E-state index contributed by atoms with van der Waals surface area (Å²) in [4.78, 5) is 27.2. The topological polar surface area (TPSA) is 102 Å². The maximum Gasteiger partial charge on any atom is 0.311 e. The molecule has 1 N–H and O–H groups in total. The maximum atomic E-state index is 12.9. The molecule has 0 aliphatic heterocycles. The molecule has 1 aromatic carbocycles. The third-order valence-electron chi connectivity index (χ3n) is 2.92. The molecule has 0 unspecified atom stereocenters. The van der Waals surface area contributed by atoms with E-state index in [4.69, 9.17) is 4.74 Å². The zero-order chi connectivity index (χ0) is 18.4. The lowest BCUT2D eigenvalue weighted by Gasteiger charge is -2.04. The van der Waals surface area contributed by atoms with E-state index in [2.05, 4.69) is 10.3 Å². The molecule has 0 spiro atoms. The first kappa shape index (κ1) is 19.0. The van der Waals surface area contributed by atoms with Gasteiger partial charge in [-0.1, -0.05) is 0 Å². The van der Waals surface area contributed by atoms with Crippen molar-refractivity contribution in [3.8, 4) is 0 Å². The van der Waals surface area contributed by atoms with Gasteiger partial charge in [0.15, 0.2) is 15.0 Å². The van der Waals surface area contributed by atoms with Gasteiger partial charge in [0.25, 0.3) is 0 Å². The second kappa shape index (κ2) is 8.17. The van der Waals surface area contributed by atoms with Crippen molar-refractivity contribution >= 4 is 38.2 Å². The first-order valence-electron chi connectivity index (χ1n) is 7.18. The highest BCUT2D eigenvalue weighted by Gasteiger charge is 2.20. The predicted molar refractivity (Wildman–Crippen MR) is 89.5 cm³/mol. The Labute approximate surface area is 147 Å². The Morgan fingerprint density at radius 1 is 1.28 bits per heavy atom. The monoisotopic (exact) mass is 386 g/mol. The van der Waals surface area contributed by atoms with Crippen LogP contribution < -0.4 is 5.32 Å². The van der Waals surface area contributed by atoms with E-state index in [9.17, 15) is 22.4 Å². The standard InChI is InChI=1S/C15H15FN2O5S2/c1-2-23-14(20)7-11-8-24-15(17-11)18-13(19)9-25(21,22)12-5-3-10(16)4-6-12/h3-6,8H,2,7,9H2,1H3,(H,17,18,19). The number of thiazole rings is 1. The minimum Gasteiger partial charge on any atom is -0.466 e. The van der Waals surface area contributed by atoms with Crippen LogP contribution in [0.25, 0.3) is 0 Å². The van der Waals surface area contributed by atoms with Crippen molar-refractivity contribution in [2.45, 2.75) is 18.2 Å². The predicted octanol–water partition coefficient (Wildman–Crippen LogP) is 1.80. The average Bonchev–Trinajstić information content (AvgIpc) is 2.94. The molecule has 0 atom stereocenters. The smallest absolute Gasteiger partial charge is 0.311 e. The number of hydrogen-bond acceptors (Lipinski definition) is 7. The Morgan fingerprint density at radius 3 is 2.60 bits per heavy atom. The van der Waals surface area contributed by atoms with Gasteiger partial charge in [0.05, 0.1) is 23.6 Å². The lowest BCUT2D eigenvalue weighted by Crippen LogP contribution is -2.23. The van der Waals surface area contributed by atoms with Gasteiger partial charge in [0, 0.05) is 5.38 Å². The molecule has 0 fully saturated rings. The normalized spacial score (nSPS) is 11.1. The van der Waals surface area contributed by atoms with Gasteiger partial charge in [-0.15, -0.1) is 11.3 Å². The fourth-order valence-electron chi connectivity index (χ4n) is 1.86. The molecule has 0 aliphatic carbocycles. The van der Waals surface area contributed by atoms with Gasteiger partial charge in [-0.05, 0) is 31.2 Å². The molecule has 0 saturated heterocycles. The summed E-state index contributed by atoms with van der Waals surface area (Å²) in [6, 6.07) is 4.21. The molecule has 1 aromatic heterocycles. The lowest BCUT2D eigenvalue weighted by molar-refractivity contribution is -0.142. The van der Waals surface area contributed by atoms with Crippen LogP contribution in [0.1, 0.15) is 12.6 Å². The second-order valence-corrected chi connectivity index (χ2v) is 7.73. The van der Waals surface area contributed by atoms with E-state index in [0.717, 1.165) is 35.6 Å². The van der Waals surface area contributed by atoms with E-state index in [0.29, 0.717) is 5.69 Å². The van der Waals surface area contributed by atoms with Crippen LogP contribution in [0.4, 0.5) is 9.52 Å². The highest BCUT2D eigenvalue weighted by atomic mass is 32.2. The number of aromatic nitrogens is 1. The Bertz CT molecular complexity index is 862. The molecule has 134 valence electrons. The number of ether oxygens (including phenoxy) is 1. The molecule has 7 nitrogen and oxygen atoms in total. The largest absolute Gasteiger partial charge is 0.466 e. The van der Waals surface area contributed by atoms with Crippen molar-refractivity contribution in [1.82, 2.24) is 4.98 Å². The molecule has 2 rings (SSSR count). The van der Waals surface area contributed by atoms with Crippen LogP contribution in [-0.4, -0.2) is 37.6 Å². The number of benzene rings is 1. The van der Waals surface area contributed by atoms with E-state index in [1.165, 1.54) is 0 Å². The fraction of sp³-hybridized carbons (Fsp3) is 0.267. The molecular weight excluding hydrogens is 371 g/mol. The quantitative estimate of drug-likeness (QED) is 0.575. The average molecular weight is 386 g/mol. The first-order chi connectivity index (χ1) is 11.8. The molecule has 0 aliphatic rings. The zero-order valence-electron chi connectivity index (χ0n) is 13.2. The summed E-state index contributed by atoms with van der Waals surface area (Å²) in [5.74, 6) is -2.59. The van der Waals surface area contributed by atoms with E-state index >= 15 is 0 Å². The molecule has 1 heterocycles. The van der Waals surface area contributed by atoms with Crippen LogP contribution in [0.2, 0.25) is 0 Å². The Morgan fingerprint density at radius 2 is 1.96 bits per heavy atom. The van der Waals surface area contributed by atoms with Crippen LogP contribution >= 0.6 is 11.3 Å².